The van der Waals surface area contributed by atoms with Crippen LogP contribution in [0.15, 0.2) is 97.1 Å². The summed E-state index contributed by atoms with van der Waals surface area (Å²) >= 11 is 0. The highest BCUT2D eigenvalue weighted by Crippen LogP contribution is 2.34. The third kappa shape index (κ3) is 11.3. The number of aliphatic carboxylic acids is 2. The molecule has 2 aliphatic rings. The van der Waals surface area contributed by atoms with E-state index in [1.54, 1.807) is 18.2 Å². The molecule has 2 saturated heterocycles. The number of para-hydroxylation sites is 2. The van der Waals surface area contributed by atoms with Gasteiger partial charge in [0.15, 0.2) is 0 Å². The van der Waals surface area contributed by atoms with Crippen LogP contribution in [0.5, 0.6) is 23.0 Å². The van der Waals surface area contributed by atoms with Crippen LogP contribution in [0.4, 0.5) is 24.5 Å². The average molecular weight is 735 g/mol. The molecule has 9 nitrogen and oxygen atoms in total. The number of hydrogen-bond acceptors (Lipinski definition) is 7. The first-order valence-corrected chi connectivity index (χ1v) is 17.6. The van der Waals surface area contributed by atoms with Crippen molar-refractivity contribution in [1.29, 1.82) is 0 Å². The van der Waals surface area contributed by atoms with Gasteiger partial charge in [0, 0.05) is 42.1 Å². The summed E-state index contributed by atoms with van der Waals surface area (Å²) < 4.78 is 53.1. The Morgan fingerprint density at radius 3 is 1.66 bits per heavy atom. The van der Waals surface area contributed by atoms with Gasteiger partial charge >= 0.3 is 18.3 Å². The number of rotatable bonds is 12. The smallest absolute Gasteiger partial charge is 0.489 e. The van der Waals surface area contributed by atoms with E-state index in [0.29, 0.717) is 17.6 Å². The summed E-state index contributed by atoms with van der Waals surface area (Å²) in [7, 11) is 0. The Hall–Kier alpha value is -5.39. The lowest BCUT2D eigenvalue weighted by atomic mass is 10.1. The Kier molecular flexibility index (Phi) is 12.8. The summed E-state index contributed by atoms with van der Waals surface area (Å²) in [5.41, 5.74) is 3.33. The fraction of sp³-hybridized carbons (Fsp3) is 0.366. The summed E-state index contributed by atoms with van der Waals surface area (Å²) in [5.74, 6) is 1.20. The van der Waals surface area contributed by atoms with Gasteiger partial charge in [-0.2, -0.15) is 0 Å². The lowest BCUT2D eigenvalue weighted by molar-refractivity contribution is -0.275. The van der Waals surface area contributed by atoms with Crippen LogP contribution < -0.4 is 24.0 Å². The van der Waals surface area contributed by atoms with Gasteiger partial charge in [0.2, 0.25) is 0 Å². The number of alkyl halides is 3. The van der Waals surface area contributed by atoms with Crippen LogP contribution in [0.2, 0.25) is 0 Å². The summed E-state index contributed by atoms with van der Waals surface area (Å²) in [4.78, 5) is 26.5. The molecule has 0 spiro atoms. The Morgan fingerprint density at radius 1 is 0.698 bits per heavy atom. The second-order valence-electron chi connectivity index (χ2n) is 13.8. The summed E-state index contributed by atoms with van der Waals surface area (Å²) in [6.45, 7) is 7.88. The molecule has 4 atom stereocenters. The van der Waals surface area contributed by atoms with Gasteiger partial charge in [-0.15, -0.1) is 13.2 Å². The molecule has 0 aromatic heterocycles. The van der Waals surface area contributed by atoms with Crippen molar-refractivity contribution in [2.45, 2.75) is 71.5 Å². The van der Waals surface area contributed by atoms with Crippen LogP contribution >= 0.6 is 0 Å². The first-order chi connectivity index (χ1) is 25.2. The van der Waals surface area contributed by atoms with Crippen LogP contribution in [-0.4, -0.2) is 53.7 Å². The first kappa shape index (κ1) is 38.8. The fourth-order valence-corrected chi connectivity index (χ4v) is 6.97. The molecule has 0 bridgehead atoms. The van der Waals surface area contributed by atoms with Crippen LogP contribution in [0.3, 0.4) is 0 Å². The Morgan fingerprint density at radius 2 is 1.17 bits per heavy atom. The molecule has 4 unspecified atom stereocenters. The number of carboxylic acid groups (broad SMARTS) is 2. The van der Waals surface area contributed by atoms with Crippen molar-refractivity contribution in [3.05, 3.63) is 108 Å². The normalized spacial score (nSPS) is 19.7. The molecule has 2 aliphatic heterocycles. The third-order valence-electron chi connectivity index (χ3n) is 9.32. The van der Waals surface area contributed by atoms with Gasteiger partial charge in [0.25, 0.3) is 0 Å². The Bertz CT molecular complexity index is 1820. The van der Waals surface area contributed by atoms with E-state index in [9.17, 15) is 22.8 Å². The van der Waals surface area contributed by atoms with Crippen LogP contribution in [0.1, 0.15) is 50.7 Å². The van der Waals surface area contributed by atoms with Gasteiger partial charge in [0.05, 0.1) is 12.8 Å². The first-order valence-electron chi connectivity index (χ1n) is 17.6. The van der Waals surface area contributed by atoms with Crippen LogP contribution in [0.25, 0.3) is 0 Å². The second-order valence-corrected chi connectivity index (χ2v) is 13.8. The SMILES string of the molecule is CC1CC(CC(=O)O)N(c2ccc(OCc3ccccc3OC(F)(F)F)cc2)C1.Cc1ccccc1Oc1ccc(N2CC(C)CC2CC(=O)O)cc1. The molecule has 0 aliphatic carbocycles. The zero-order valence-corrected chi connectivity index (χ0v) is 30.0. The van der Waals surface area contributed by atoms with Gasteiger partial charge in [0.1, 0.15) is 29.6 Å². The zero-order chi connectivity index (χ0) is 38.1. The Labute approximate surface area is 307 Å². The molecular formula is C41H45F3N2O7. The minimum Gasteiger partial charge on any atom is -0.489 e. The largest absolute Gasteiger partial charge is 0.573 e. The zero-order valence-electron chi connectivity index (χ0n) is 30.0. The molecule has 2 fully saturated rings. The lowest BCUT2D eigenvalue weighted by Crippen LogP contribution is -2.31. The van der Waals surface area contributed by atoms with Crippen LogP contribution in [-0.2, 0) is 16.2 Å². The molecule has 12 heteroatoms. The van der Waals surface area contributed by atoms with Crippen molar-refractivity contribution in [3.8, 4) is 23.0 Å². The molecule has 0 amide bonds. The number of anilines is 2. The van der Waals surface area contributed by atoms with E-state index in [-0.39, 0.29) is 42.8 Å². The summed E-state index contributed by atoms with van der Waals surface area (Å²) in [5, 5.41) is 18.2. The molecule has 282 valence electrons. The molecular weight excluding hydrogens is 689 g/mol. The fourth-order valence-electron chi connectivity index (χ4n) is 6.97. The van der Waals surface area contributed by atoms with Crippen molar-refractivity contribution >= 4 is 23.3 Å². The molecule has 2 heterocycles. The topological polar surface area (TPSA) is 109 Å². The van der Waals surface area contributed by atoms with Crippen molar-refractivity contribution in [3.63, 3.8) is 0 Å². The lowest BCUT2D eigenvalue weighted by Gasteiger charge is -2.26. The van der Waals surface area contributed by atoms with Gasteiger partial charge in [-0.05, 0) is 97.8 Å². The number of benzene rings is 4. The number of ether oxygens (including phenoxy) is 3. The number of hydrogen-bond donors (Lipinski definition) is 2. The minimum absolute atomic E-state index is 0.0549. The molecule has 4 aromatic rings. The molecule has 0 radical (unpaired) electrons. The number of carbonyl (C=O) groups is 2. The monoisotopic (exact) mass is 734 g/mol. The Balaban J connectivity index is 0.000000208. The van der Waals surface area contributed by atoms with Crippen molar-refractivity contribution in [2.24, 2.45) is 11.8 Å². The minimum atomic E-state index is -4.77. The van der Waals surface area contributed by atoms with E-state index in [2.05, 4.69) is 28.4 Å². The molecule has 2 N–H and O–H groups in total. The number of carboxylic acids is 2. The highest BCUT2D eigenvalue weighted by atomic mass is 19.4. The molecule has 4 aromatic carbocycles. The number of nitrogens with zero attached hydrogens (tertiary/aromatic N) is 2. The van der Waals surface area contributed by atoms with E-state index in [1.807, 2.05) is 67.6 Å². The maximum atomic E-state index is 12.5. The molecule has 0 saturated carbocycles. The van der Waals surface area contributed by atoms with E-state index in [4.69, 9.17) is 19.7 Å². The van der Waals surface area contributed by atoms with Crippen molar-refractivity contribution < 1.29 is 47.2 Å². The predicted molar refractivity (Wildman–Crippen MR) is 196 cm³/mol. The maximum absolute atomic E-state index is 12.5. The summed E-state index contributed by atoms with van der Waals surface area (Å²) in [6.07, 6.45) is -2.75. The van der Waals surface area contributed by atoms with Gasteiger partial charge in [-0.1, -0.05) is 50.2 Å². The average Bonchev–Trinajstić information content (AvgIpc) is 3.65. The highest BCUT2D eigenvalue weighted by molar-refractivity contribution is 5.69. The summed E-state index contributed by atoms with van der Waals surface area (Å²) in [6, 6.07) is 28.8. The highest BCUT2D eigenvalue weighted by Gasteiger charge is 2.33. The standard InChI is InChI=1S/C21H22F3NO4.C20H23NO3/c1-14-10-17(11-20(26)27)25(12-14)16-6-8-18(9-7-16)28-13-15-4-2-3-5-19(15)29-21(22,23)24;1-14-11-17(12-20(22)23)21(13-14)16-7-9-18(10-8-16)24-19-6-4-3-5-15(19)2/h2-9,14,17H,10-13H2,1H3,(H,26,27);3-10,14,17H,11-13H2,1-2H3,(H,22,23). The molecule has 53 heavy (non-hydrogen) atoms. The molecule has 6 rings (SSSR count). The van der Waals surface area contributed by atoms with E-state index < -0.39 is 18.3 Å². The van der Waals surface area contributed by atoms with E-state index in [1.165, 1.54) is 18.2 Å². The van der Waals surface area contributed by atoms with Gasteiger partial charge in [-0.25, -0.2) is 0 Å². The third-order valence-corrected chi connectivity index (χ3v) is 9.32. The van der Waals surface area contributed by atoms with Gasteiger partial charge in [-0.3, -0.25) is 9.59 Å². The number of aryl methyl sites for hydroxylation is 1. The van der Waals surface area contributed by atoms with E-state index in [0.717, 1.165) is 54.4 Å². The predicted octanol–water partition coefficient (Wildman–Crippen LogP) is 9.33. The number of halogens is 3. The maximum Gasteiger partial charge on any atom is 0.573 e. The van der Waals surface area contributed by atoms with Crippen LogP contribution in [0, 0.1) is 18.8 Å². The second kappa shape index (κ2) is 17.4. The van der Waals surface area contributed by atoms with E-state index >= 15 is 0 Å². The quantitative estimate of drug-likeness (QED) is 0.147. The van der Waals surface area contributed by atoms with Gasteiger partial charge < -0.3 is 34.2 Å². The van der Waals surface area contributed by atoms with Crippen molar-refractivity contribution in [1.82, 2.24) is 0 Å². The van der Waals surface area contributed by atoms with Crippen molar-refractivity contribution in [2.75, 3.05) is 22.9 Å².